The predicted molar refractivity (Wildman–Crippen MR) is 89.6 cm³/mol. The lowest BCUT2D eigenvalue weighted by Crippen LogP contribution is -2.30. The number of rotatable bonds is 2. The SMILES string of the molecule is Cc1cc(C)c(NC(=O)C(=O)Nc2ccccc2C(F)(F)F)c(Cl)c1. The molecule has 132 valence electrons. The van der Waals surface area contributed by atoms with Crippen molar-refractivity contribution in [1.82, 2.24) is 0 Å². The fourth-order valence-electron chi connectivity index (χ4n) is 2.26. The van der Waals surface area contributed by atoms with Gasteiger partial charge in [-0.3, -0.25) is 9.59 Å². The van der Waals surface area contributed by atoms with E-state index in [0.717, 1.165) is 17.7 Å². The minimum absolute atomic E-state index is 0.231. The van der Waals surface area contributed by atoms with Crippen LogP contribution in [0.5, 0.6) is 0 Å². The average molecular weight is 371 g/mol. The molecule has 2 aromatic carbocycles. The predicted octanol–water partition coefficient (Wildman–Crippen LogP) is 4.55. The molecule has 0 spiro atoms. The highest BCUT2D eigenvalue weighted by molar-refractivity contribution is 6.45. The van der Waals surface area contributed by atoms with E-state index in [0.29, 0.717) is 5.56 Å². The average Bonchev–Trinajstić information content (AvgIpc) is 2.50. The third-order valence-corrected chi connectivity index (χ3v) is 3.66. The summed E-state index contributed by atoms with van der Waals surface area (Å²) in [7, 11) is 0. The van der Waals surface area contributed by atoms with Gasteiger partial charge in [-0.25, -0.2) is 0 Å². The Bertz CT molecular complexity index is 812. The van der Waals surface area contributed by atoms with Crippen LogP contribution < -0.4 is 10.6 Å². The molecule has 0 aliphatic rings. The van der Waals surface area contributed by atoms with E-state index < -0.39 is 29.2 Å². The normalized spacial score (nSPS) is 11.1. The number of halogens is 4. The molecular formula is C17H14ClF3N2O2. The maximum Gasteiger partial charge on any atom is 0.418 e. The smallest absolute Gasteiger partial charge is 0.317 e. The molecule has 0 radical (unpaired) electrons. The molecule has 0 unspecified atom stereocenters. The topological polar surface area (TPSA) is 58.2 Å². The molecule has 0 atom stereocenters. The molecule has 8 heteroatoms. The van der Waals surface area contributed by atoms with Gasteiger partial charge in [-0.05, 0) is 43.2 Å². The van der Waals surface area contributed by atoms with Crippen molar-refractivity contribution in [3.8, 4) is 0 Å². The van der Waals surface area contributed by atoms with Crippen molar-refractivity contribution in [3.05, 3.63) is 58.1 Å². The first-order valence-electron chi connectivity index (χ1n) is 7.15. The summed E-state index contributed by atoms with van der Waals surface area (Å²) in [5.74, 6) is -2.35. The molecule has 4 nitrogen and oxygen atoms in total. The molecule has 0 aliphatic carbocycles. The Balaban J connectivity index is 2.19. The van der Waals surface area contributed by atoms with E-state index in [2.05, 4.69) is 5.32 Å². The first kappa shape index (κ1) is 18.8. The van der Waals surface area contributed by atoms with E-state index in [1.165, 1.54) is 12.1 Å². The van der Waals surface area contributed by atoms with Gasteiger partial charge in [0, 0.05) is 0 Å². The van der Waals surface area contributed by atoms with Gasteiger partial charge in [-0.1, -0.05) is 29.8 Å². The van der Waals surface area contributed by atoms with Gasteiger partial charge >= 0.3 is 18.0 Å². The van der Waals surface area contributed by atoms with Crippen molar-refractivity contribution in [2.24, 2.45) is 0 Å². The number of para-hydroxylation sites is 1. The number of hydrogen-bond acceptors (Lipinski definition) is 2. The lowest BCUT2D eigenvalue weighted by atomic mass is 10.1. The highest BCUT2D eigenvalue weighted by Gasteiger charge is 2.34. The minimum Gasteiger partial charge on any atom is -0.317 e. The standard InChI is InChI=1S/C17H14ClF3N2O2/c1-9-7-10(2)14(12(18)8-9)23-16(25)15(24)22-13-6-4-3-5-11(13)17(19,20)21/h3-8H,1-2H3,(H,22,24)(H,23,25). The van der Waals surface area contributed by atoms with Crippen molar-refractivity contribution in [3.63, 3.8) is 0 Å². The summed E-state index contributed by atoms with van der Waals surface area (Å²) in [5, 5.41) is 4.52. The highest BCUT2D eigenvalue weighted by atomic mass is 35.5. The summed E-state index contributed by atoms with van der Waals surface area (Å²) in [6, 6.07) is 7.74. The summed E-state index contributed by atoms with van der Waals surface area (Å²) in [6.07, 6.45) is -4.66. The number of hydrogen-bond donors (Lipinski definition) is 2. The van der Waals surface area contributed by atoms with Crippen molar-refractivity contribution in [1.29, 1.82) is 0 Å². The van der Waals surface area contributed by atoms with E-state index in [1.807, 2.05) is 12.2 Å². The number of carbonyl (C=O) groups is 2. The molecule has 0 fully saturated rings. The lowest BCUT2D eigenvalue weighted by molar-refractivity contribution is -0.137. The maximum atomic E-state index is 12.9. The number of aryl methyl sites for hydroxylation is 2. The monoisotopic (exact) mass is 370 g/mol. The quantitative estimate of drug-likeness (QED) is 0.762. The fourth-order valence-corrected chi connectivity index (χ4v) is 2.63. The van der Waals surface area contributed by atoms with Gasteiger partial charge in [0.05, 0.1) is 22.0 Å². The zero-order chi connectivity index (χ0) is 18.8. The number of benzene rings is 2. The van der Waals surface area contributed by atoms with Gasteiger partial charge in [0.2, 0.25) is 0 Å². The van der Waals surface area contributed by atoms with Crippen LogP contribution in [0.2, 0.25) is 5.02 Å². The van der Waals surface area contributed by atoms with Crippen molar-refractivity contribution in [2.75, 3.05) is 10.6 Å². The Kier molecular flexibility index (Phi) is 5.37. The van der Waals surface area contributed by atoms with Crippen LogP contribution in [0.25, 0.3) is 0 Å². The summed E-state index contributed by atoms with van der Waals surface area (Å²) in [5.41, 5.74) is 0.185. The van der Waals surface area contributed by atoms with Gasteiger partial charge < -0.3 is 10.6 Å². The first-order valence-corrected chi connectivity index (χ1v) is 7.52. The number of alkyl halides is 3. The van der Waals surface area contributed by atoms with Crippen LogP contribution in [0.15, 0.2) is 36.4 Å². The van der Waals surface area contributed by atoms with E-state index >= 15 is 0 Å². The molecule has 2 N–H and O–H groups in total. The molecular weight excluding hydrogens is 357 g/mol. The molecule has 25 heavy (non-hydrogen) atoms. The summed E-state index contributed by atoms with van der Waals surface area (Å²) >= 11 is 6.03. The second kappa shape index (κ2) is 7.14. The molecule has 2 amide bonds. The van der Waals surface area contributed by atoms with Crippen LogP contribution in [0.1, 0.15) is 16.7 Å². The zero-order valence-corrected chi connectivity index (χ0v) is 14.0. The van der Waals surface area contributed by atoms with Crippen LogP contribution in [-0.2, 0) is 15.8 Å². The third kappa shape index (κ3) is 4.51. The summed E-state index contributed by atoms with van der Waals surface area (Å²) in [4.78, 5) is 24.0. The Morgan fingerprint density at radius 2 is 1.60 bits per heavy atom. The van der Waals surface area contributed by atoms with Crippen molar-refractivity contribution < 1.29 is 22.8 Å². The van der Waals surface area contributed by atoms with Gasteiger partial charge in [-0.2, -0.15) is 13.2 Å². The van der Waals surface area contributed by atoms with E-state index in [4.69, 9.17) is 11.6 Å². The van der Waals surface area contributed by atoms with Crippen LogP contribution >= 0.6 is 11.6 Å². The first-order chi connectivity index (χ1) is 11.6. The van der Waals surface area contributed by atoms with E-state index in [1.54, 1.807) is 19.1 Å². The second-order valence-electron chi connectivity index (χ2n) is 5.39. The lowest BCUT2D eigenvalue weighted by Gasteiger charge is -2.14. The molecule has 0 bridgehead atoms. The summed E-state index contributed by atoms with van der Waals surface area (Å²) in [6.45, 7) is 3.50. The van der Waals surface area contributed by atoms with Gasteiger partial charge in [0.25, 0.3) is 0 Å². The van der Waals surface area contributed by atoms with Crippen LogP contribution in [0, 0.1) is 13.8 Å². The third-order valence-electron chi connectivity index (χ3n) is 3.36. The highest BCUT2D eigenvalue weighted by Crippen LogP contribution is 2.34. The molecule has 2 aromatic rings. The fraction of sp³-hybridized carbons (Fsp3) is 0.176. The second-order valence-corrected chi connectivity index (χ2v) is 5.80. The molecule has 2 rings (SSSR count). The van der Waals surface area contributed by atoms with Gasteiger partial charge in [-0.15, -0.1) is 0 Å². The number of nitrogens with one attached hydrogen (secondary N) is 2. The van der Waals surface area contributed by atoms with Gasteiger partial charge in [0.15, 0.2) is 0 Å². The molecule has 0 saturated carbocycles. The minimum atomic E-state index is -4.66. The summed E-state index contributed by atoms with van der Waals surface area (Å²) < 4.78 is 38.8. The Labute approximate surface area is 147 Å². The maximum absolute atomic E-state index is 12.9. The largest absolute Gasteiger partial charge is 0.418 e. The van der Waals surface area contributed by atoms with Crippen LogP contribution in [-0.4, -0.2) is 11.8 Å². The van der Waals surface area contributed by atoms with E-state index in [-0.39, 0.29) is 10.7 Å². The Morgan fingerprint density at radius 1 is 1.00 bits per heavy atom. The van der Waals surface area contributed by atoms with E-state index in [9.17, 15) is 22.8 Å². The van der Waals surface area contributed by atoms with Crippen LogP contribution in [0.3, 0.4) is 0 Å². The Hall–Kier alpha value is -2.54. The molecule has 0 heterocycles. The Morgan fingerprint density at radius 3 is 2.20 bits per heavy atom. The van der Waals surface area contributed by atoms with Crippen LogP contribution in [0.4, 0.5) is 24.5 Å². The number of carbonyl (C=O) groups excluding carboxylic acids is 2. The van der Waals surface area contributed by atoms with Crippen molar-refractivity contribution >= 4 is 34.8 Å². The molecule has 0 aliphatic heterocycles. The molecule has 0 saturated heterocycles. The van der Waals surface area contributed by atoms with Gasteiger partial charge in [0.1, 0.15) is 0 Å². The number of anilines is 2. The number of amides is 2. The molecule has 0 aromatic heterocycles. The zero-order valence-electron chi connectivity index (χ0n) is 13.3. The van der Waals surface area contributed by atoms with Crippen molar-refractivity contribution in [2.45, 2.75) is 20.0 Å².